The number of nitrogens with zero attached hydrogens (tertiary/aromatic N) is 1. The van der Waals surface area contributed by atoms with Gasteiger partial charge in [0, 0.05) is 18.5 Å². The fourth-order valence-corrected chi connectivity index (χ4v) is 1.91. The van der Waals surface area contributed by atoms with Crippen molar-refractivity contribution >= 4 is 17.3 Å². The molecule has 0 radical (unpaired) electrons. The average molecular weight is 248 g/mol. The van der Waals surface area contributed by atoms with E-state index in [0.717, 1.165) is 0 Å². The fraction of sp³-hybridized carbons (Fsp3) is 0.500. The first-order chi connectivity index (χ1) is 7.51. The van der Waals surface area contributed by atoms with Crippen LogP contribution in [0.5, 0.6) is 0 Å². The van der Waals surface area contributed by atoms with E-state index < -0.39 is 11.6 Å². The van der Waals surface area contributed by atoms with Crippen molar-refractivity contribution in [1.82, 2.24) is 0 Å². The number of hydrogen-bond donors (Lipinski definition) is 0. The van der Waals surface area contributed by atoms with E-state index >= 15 is 0 Å². The summed E-state index contributed by atoms with van der Waals surface area (Å²) in [5.41, 5.74) is 0.492. The Hall–Kier alpha value is -0.830. The van der Waals surface area contributed by atoms with Crippen LogP contribution in [-0.2, 0) is 5.88 Å². The minimum Gasteiger partial charge on any atom is -0.365 e. The molecule has 0 aromatic heterocycles. The largest absolute Gasteiger partial charge is 0.365 e. The summed E-state index contributed by atoms with van der Waals surface area (Å²) >= 11 is 5.55. The van der Waals surface area contributed by atoms with Gasteiger partial charge in [-0.25, -0.2) is 8.78 Å². The molecular formula is C12H16ClF2N. The number of rotatable bonds is 4. The van der Waals surface area contributed by atoms with Crippen LogP contribution in [0.15, 0.2) is 12.1 Å². The molecule has 0 fully saturated rings. The first kappa shape index (κ1) is 13.2. The maximum Gasteiger partial charge on any atom is 0.149 e. The number of benzene rings is 1. The molecule has 0 aliphatic carbocycles. The molecule has 90 valence electrons. The lowest BCUT2D eigenvalue weighted by Gasteiger charge is -2.28. The van der Waals surface area contributed by atoms with Crippen molar-refractivity contribution < 1.29 is 8.78 Å². The van der Waals surface area contributed by atoms with Crippen LogP contribution in [0.1, 0.15) is 26.3 Å². The Kier molecular flexibility index (Phi) is 4.54. The quantitative estimate of drug-likeness (QED) is 0.729. The monoisotopic (exact) mass is 247 g/mol. The predicted octanol–water partition coefficient (Wildman–Crippen LogP) is 3.94. The maximum atomic E-state index is 13.8. The SMILES string of the molecule is CCN(c1c(F)cc(CCl)cc1F)C(C)C. The Balaban J connectivity index is 3.22. The molecule has 0 aliphatic rings. The van der Waals surface area contributed by atoms with Gasteiger partial charge in [-0.05, 0) is 38.5 Å². The molecule has 0 spiro atoms. The van der Waals surface area contributed by atoms with Crippen LogP contribution in [0.2, 0.25) is 0 Å². The van der Waals surface area contributed by atoms with Gasteiger partial charge in [-0.15, -0.1) is 11.6 Å². The Labute approximate surface area is 100 Å². The van der Waals surface area contributed by atoms with Gasteiger partial charge in [-0.2, -0.15) is 0 Å². The molecule has 1 rings (SSSR count). The number of hydrogen-bond acceptors (Lipinski definition) is 1. The molecule has 0 saturated carbocycles. The van der Waals surface area contributed by atoms with E-state index in [1.807, 2.05) is 20.8 Å². The standard InChI is InChI=1S/C12H16ClF2N/c1-4-16(8(2)3)12-10(14)5-9(7-13)6-11(12)15/h5-6,8H,4,7H2,1-3H3. The molecule has 0 aliphatic heterocycles. The van der Waals surface area contributed by atoms with Crippen LogP contribution in [0.3, 0.4) is 0 Å². The Morgan fingerprint density at radius 2 is 1.75 bits per heavy atom. The number of alkyl halides is 1. The van der Waals surface area contributed by atoms with E-state index in [-0.39, 0.29) is 17.6 Å². The highest BCUT2D eigenvalue weighted by molar-refractivity contribution is 6.17. The van der Waals surface area contributed by atoms with Gasteiger partial charge >= 0.3 is 0 Å². The van der Waals surface area contributed by atoms with Crippen molar-refractivity contribution in [1.29, 1.82) is 0 Å². The smallest absolute Gasteiger partial charge is 0.149 e. The van der Waals surface area contributed by atoms with Crippen LogP contribution >= 0.6 is 11.6 Å². The Bertz CT molecular complexity index is 343. The van der Waals surface area contributed by atoms with Crippen molar-refractivity contribution in [3.05, 3.63) is 29.3 Å². The summed E-state index contributed by atoms with van der Waals surface area (Å²) in [4.78, 5) is 1.68. The highest BCUT2D eigenvalue weighted by atomic mass is 35.5. The Morgan fingerprint density at radius 3 is 2.06 bits per heavy atom. The summed E-state index contributed by atoms with van der Waals surface area (Å²) in [6.07, 6.45) is 0. The van der Waals surface area contributed by atoms with E-state index in [4.69, 9.17) is 11.6 Å². The molecule has 1 nitrogen and oxygen atoms in total. The summed E-state index contributed by atoms with van der Waals surface area (Å²) in [7, 11) is 0. The first-order valence-corrected chi connectivity index (χ1v) is 5.85. The van der Waals surface area contributed by atoms with Crippen LogP contribution in [-0.4, -0.2) is 12.6 Å². The third kappa shape index (κ3) is 2.64. The number of anilines is 1. The third-order valence-corrected chi connectivity index (χ3v) is 2.79. The van der Waals surface area contributed by atoms with E-state index in [2.05, 4.69) is 0 Å². The fourth-order valence-electron chi connectivity index (χ4n) is 1.75. The zero-order valence-corrected chi connectivity index (χ0v) is 10.5. The van der Waals surface area contributed by atoms with Gasteiger partial charge in [0.15, 0.2) is 0 Å². The molecule has 0 heterocycles. The molecule has 1 aromatic carbocycles. The molecule has 1 aromatic rings. The van der Waals surface area contributed by atoms with Gasteiger partial charge in [-0.1, -0.05) is 0 Å². The molecule has 0 amide bonds. The molecule has 16 heavy (non-hydrogen) atoms. The van der Waals surface area contributed by atoms with Crippen molar-refractivity contribution in [2.45, 2.75) is 32.7 Å². The van der Waals surface area contributed by atoms with Gasteiger partial charge in [-0.3, -0.25) is 0 Å². The van der Waals surface area contributed by atoms with Crippen molar-refractivity contribution in [2.24, 2.45) is 0 Å². The van der Waals surface area contributed by atoms with Gasteiger partial charge in [0.25, 0.3) is 0 Å². The second-order valence-electron chi connectivity index (χ2n) is 3.92. The summed E-state index contributed by atoms with van der Waals surface area (Å²) in [5, 5.41) is 0. The minimum absolute atomic E-state index is 0.0337. The highest BCUT2D eigenvalue weighted by Crippen LogP contribution is 2.27. The van der Waals surface area contributed by atoms with E-state index in [0.29, 0.717) is 12.1 Å². The first-order valence-electron chi connectivity index (χ1n) is 5.31. The Morgan fingerprint density at radius 1 is 1.25 bits per heavy atom. The highest BCUT2D eigenvalue weighted by Gasteiger charge is 2.18. The maximum absolute atomic E-state index is 13.8. The summed E-state index contributed by atoms with van der Waals surface area (Å²) in [5.74, 6) is -0.987. The van der Waals surface area contributed by atoms with Crippen molar-refractivity contribution in [3.8, 4) is 0 Å². The van der Waals surface area contributed by atoms with Crippen LogP contribution in [0.25, 0.3) is 0 Å². The molecule has 0 unspecified atom stereocenters. The topological polar surface area (TPSA) is 3.24 Å². The second kappa shape index (κ2) is 5.48. The summed E-state index contributed by atoms with van der Waals surface area (Å²) in [6.45, 7) is 6.23. The lowest BCUT2D eigenvalue weighted by Crippen LogP contribution is -2.32. The van der Waals surface area contributed by atoms with Crippen LogP contribution in [0.4, 0.5) is 14.5 Å². The zero-order valence-electron chi connectivity index (χ0n) is 9.73. The van der Waals surface area contributed by atoms with Crippen molar-refractivity contribution in [3.63, 3.8) is 0 Å². The molecule has 0 bridgehead atoms. The number of halogens is 3. The molecule has 4 heteroatoms. The third-order valence-electron chi connectivity index (χ3n) is 2.48. The second-order valence-corrected chi connectivity index (χ2v) is 4.19. The summed E-state index contributed by atoms with van der Waals surface area (Å²) < 4.78 is 27.5. The minimum atomic E-state index is -0.550. The van der Waals surface area contributed by atoms with Gasteiger partial charge < -0.3 is 4.90 Å². The van der Waals surface area contributed by atoms with Crippen molar-refractivity contribution in [2.75, 3.05) is 11.4 Å². The van der Waals surface area contributed by atoms with E-state index in [9.17, 15) is 8.78 Å². The van der Waals surface area contributed by atoms with E-state index in [1.54, 1.807) is 4.90 Å². The lowest BCUT2D eigenvalue weighted by atomic mass is 10.1. The van der Waals surface area contributed by atoms with Gasteiger partial charge in [0.05, 0.1) is 0 Å². The van der Waals surface area contributed by atoms with Gasteiger partial charge in [0.1, 0.15) is 17.3 Å². The van der Waals surface area contributed by atoms with Crippen LogP contribution in [0, 0.1) is 11.6 Å². The zero-order chi connectivity index (χ0) is 12.3. The summed E-state index contributed by atoms with van der Waals surface area (Å²) in [6, 6.07) is 2.63. The normalized spacial score (nSPS) is 10.9. The predicted molar refractivity (Wildman–Crippen MR) is 64.1 cm³/mol. The molecule has 0 atom stereocenters. The molecule has 0 saturated heterocycles. The average Bonchev–Trinajstić information content (AvgIpc) is 2.22. The lowest BCUT2D eigenvalue weighted by molar-refractivity contribution is 0.557. The van der Waals surface area contributed by atoms with Crippen LogP contribution < -0.4 is 4.90 Å². The van der Waals surface area contributed by atoms with Gasteiger partial charge in [0.2, 0.25) is 0 Å². The van der Waals surface area contributed by atoms with E-state index in [1.165, 1.54) is 12.1 Å². The molecular weight excluding hydrogens is 232 g/mol. The molecule has 0 N–H and O–H groups in total.